The third-order valence-corrected chi connectivity index (χ3v) is 2.96. The molecule has 1 rings (SSSR count). The van der Waals surface area contributed by atoms with Crippen LogP contribution in [-0.2, 0) is 4.74 Å². The van der Waals surface area contributed by atoms with Crippen LogP contribution in [0, 0.1) is 0 Å². The SMILES string of the molecule is CCOCCNC(=O)c1ccc(OCCCBr)cc1. The summed E-state index contributed by atoms with van der Waals surface area (Å²) in [5, 5.41) is 3.72. The van der Waals surface area contributed by atoms with Gasteiger partial charge in [-0.05, 0) is 37.6 Å². The first-order valence-electron chi connectivity index (χ1n) is 6.42. The van der Waals surface area contributed by atoms with Crippen LogP contribution in [0.1, 0.15) is 23.7 Å². The number of amides is 1. The molecule has 0 bridgehead atoms. The molecule has 1 N–H and O–H groups in total. The van der Waals surface area contributed by atoms with Crippen molar-refractivity contribution in [3.05, 3.63) is 29.8 Å². The van der Waals surface area contributed by atoms with Crippen molar-refractivity contribution in [2.45, 2.75) is 13.3 Å². The van der Waals surface area contributed by atoms with Crippen molar-refractivity contribution in [1.82, 2.24) is 5.32 Å². The molecule has 0 fully saturated rings. The predicted octanol–water partition coefficient (Wildman–Crippen LogP) is 2.62. The van der Waals surface area contributed by atoms with Crippen LogP contribution in [0.3, 0.4) is 0 Å². The van der Waals surface area contributed by atoms with Gasteiger partial charge in [-0.3, -0.25) is 4.79 Å². The first kappa shape index (κ1) is 16.0. The molecule has 0 aliphatic heterocycles. The van der Waals surface area contributed by atoms with Gasteiger partial charge in [0.05, 0.1) is 13.2 Å². The number of benzene rings is 1. The molecule has 0 spiro atoms. The third kappa shape index (κ3) is 6.59. The Balaban J connectivity index is 2.35. The van der Waals surface area contributed by atoms with E-state index in [2.05, 4.69) is 21.2 Å². The Bertz CT molecular complexity index is 367. The van der Waals surface area contributed by atoms with Crippen LogP contribution in [0.4, 0.5) is 0 Å². The average molecular weight is 330 g/mol. The van der Waals surface area contributed by atoms with Crippen molar-refractivity contribution in [2.75, 3.05) is 31.7 Å². The Labute approximate surface area is 122 Å². The molecule has 1 aromatic rings. The van der Waals surface area contributed by atoms with Crippen molar-refractivity contribution >= 4 is 21.8 Å². The standard InChI is InChI=1S/C14H20BrNO3/c1-2-18-11-9-16-14(17)12-4-6-13(7-5-12)19-10-3-8-15/h4-7H,2-3,8-11H2,1H3,(H,16,17). The zero-order valence-electron chi connectivity index (χ0n) is 11.2. The second-order valence-corrected chi connectivity index (χ2v) is 4.66. The fraction of sp³-hybridized carbons (Fsp3) is 0.500. The molecule has 0 heterocycles. The Morgan fingerprint density at radius 3 is 2.63 bits per heavy atom. The quantitative estimate of drug-likeness (QED) is 0.559. The van der Waals surface area contributed by atoms with E-state index in [4.69, 9.17) is 9.47 Å². The number of halogens is 1. The summed E-state index contributed by atoms with van der Waals surface area (Å²) in [5.41, 5.74) is 0.629. The van der Waals surface area contributed by atoms with Gasteiger partial charge in [0.2, 0.25) is 0 Å². The lowest BCUT2D eigenvalue weighted by Gasteiger charge is -2.07. The third-order valence-electron chi connectivity index (χ3n) is 2.40. The molecule has 106 valence electrons. The molecule has 0 aromatic heterocycles. The van der Waals surface area contributed by atoms with Crippen LogP contribution in [0.2, 0.25) is 0 Å². The van der Waals surface area contributed by atoms with Crippen molar-refractivity contribution in [3.8, 4) is 5.75 Å². The van der Waals surface area contributed by atoms with Crippen molar-refractivity contribution < 1.29 is 14.3 Å². The van der Waals surface area contributed by atoms with Gasteiger partial charge in [-0.15, -0.1) is 0 Å². The molecule has 0 aliphatic rings. The molecule has 0 radical (unpaired) electrons. The van der Waals surface area contributed by atoms with E-state index in [1.807, 2.05) is 19.1 Å². The van der Waals surface area contributed by atoms with E-state index in [1.54, 1.807) is 12.1 Å². The Hall–Kier alpha value is -1.07. The molecule has 1 aromatic carbocycles. The lowest BCUT2D eigenvalue weighted by Crippen LogP contribution is -2.27. The van der Waals surface area contributed by atoms with E-state index >= 15 is 0 Å². The minimum absolute atomic E-state index is 0.0910. The summed E-state index contributed by atoms with van der Waals surface area (Å²) in [4.78, 5) is 11.8. The molecular formula is C14H20BrNO3. The first-order valence-corrected chi connectivity index (χ1v) is 7.55. The van der Waals surface area contributed by atoms with Gasteiger partial charge in [0.1, 0.15) is 5.75 Å². The number of carbonyl (C=O) groups is 1. The number of alkyl halides is 1. The van der Waals surface area contributed by atoms with E-state index in [1.165, 1.54) is 0 Å². The Morgan fingerprint density at radius 2 is 2.00 bits per heavy atom. The van der Waals surface area contributed by atoms with E-state index in [0.29, 0.717) is 31.9 Å². The van der Waals surface area contributed by atoms with Gasteiger partial charge >= 0.3 is 0 Å². The zero-order chi connectivity index (χ0) is 13.9. The van der Waals surface area contributed by atoms with Gasteiger partial charge < -0.3 is 14.8 Å². The highest BCUT2D eigenvalue weighted by molar-refractivity contribution is 9.09. The lowest BCUT2D eigenvalue weighted by molar-refractivity contribution is 0.0922. The van der Waals surface area contributed by atoms with Gasteiger partial charge in [0, 0.05) is 24.0 Å². The van der Waals surface area contributed by atoms with Crippen LogP contribution in [0.25, 0.3) is 0 Å². The van der Waals surface area contributed by atoms with Gasteiger partial charge in [-0.25, -0.2) is 0 Å². The average Bonchev–Trinajstić information content (AvgIpc) is 2.44. The normalized spacial score (nSPS) is 10.2. The molecule has 0 unspecified atom stereocenters. The van der Waals surface area contributed by atoms with Gasteiger partial charge in [0.15, 0.2) is 0 Å². The molecule has 1 amide bonds. The highest BCUT2D eigenvalue weighted by Crippen LogP contribution is 2.12. The zero-order valence-corrected chi connectivity index (χ0v) is 12.7. The highest BCUT2D eigenvalue weighted by Gasteiger charge is 2.04. The number of hydrogen-bond donors (Lipinski definition) is 1. The maximum absolute atomic E-state index is 11.8. The largest absolute Gasteiger partial charge is 0.494 e. The van der Waals surface area contributed by atoms with Crippen LogP contribution < -0.4 is 10.1 Å². The van der Waals surface area contributed by atoms with Crippen LogP contribution in [0.5, 0.6) is 5.75 Å². The van der Waals surface area contributed by atoms with Gasteiger partial charge in [-0.1, -0.05) is 15.9 Å². The molecule has 5 heteroatoms. The summed E-state index contributed by atoms with van der Waals surface area (Å²) < 4.78 is 10.7. The second-order valence-electron chi connectivity index (χ2n) is 3.87. The molecule has 0 saturated heterocycles. The Kier molecular flexibility index (Phi) is 8.25. The van der Waals surface area contributed by atoms with Gasteiger partial charge in [-0.2, -0.15) is 0 Å². The fourth-order valence-electron chi connectivity index (χ4n) is 1.43. The summed E-state index contributed by atoms with van der Waals surface area (Å²) >= 11 is 3.35. The topological polar surface area (TPSA) is 47.6 Å². The number of nitrogens with one attached hydrogen (secondary N) is 1. The minimum Gasteiger partial charge on any atom is -0.494 e. The molecule has 19 heavy (non-hydrogen) atoms. The number of ether oxygens (including phenoxy) is 2. The van der Waals surface area contributed by atoms with Crippen LogP contribution in [-0.4, -0.2) is 37.6 Å². The van der Waals surface area contributed by atoms with E-state index in [0.717, 1.165) is 17.5 Å². The summed E-state index contributed by atoms with van der Waals surface area (Å²) in [6, 6.07) is 7.15. The number of rotatable bonds is 9. The fourth-order valence-corrected chi connectivity index (χ4v) is 1.66. The molecule has 0 saturated carbocycles. The van der Waals surface area contributed by atoms with E-state index in [9.17, 15) is 4.79 Å². The lowest BCUT2D eigenvalue weighted by atomic mass is 10.2. The maximum atomic E-state index is 11.8. The highest BCUT2D eigenvalue weighted by atomic mass is 79.9. The molecular weight excluding hydrogens is 310 g/mol. The molecule has 0 aliphatic carbocycles. The molecule has 0 atom stereocenters. The van der Waals surface area contributed by atoms with E-state index in [-0.39, 0.29) is 5.91 Å². The van der Waals surface area contributed by atoms with Crippen molar-refractivity contribution in [3.63, 3.8) is 0 Å². The summed E-state index contributed by atoms with van der Waals surface area (Å²) in [6.07, 6.45) is 0.958. The van der Waals surface area contributed by atoms with Crippen LogP contribution in [0.15, 0.2) is 24.3 Å². The number of hydrogen-bond acceptors (Lipinski definition) is 3. The van der Waals surface area contributed by atoms with Crippen molar-refractivity contribution in [2.24, 2.45) is 0 Å². The van der Waals surface area contributed by atoms with Crippen molar-refractivity contribution in [1.29, 1.82) is 0 Å². The van der Waals surface area contributed by atoms with E-state index < -0.39 is 0 Å². The predicted molar refractivity (Wildman–Crippen MR) is 79.2 cm³/mol. The summed E-state index contributed by atoms with van der Waals surface area (Å²) in [6.45, 7) is 4.32. The first-order chi connectivity index (χ1) is 9.27. The maximum Gasteiger partial charge on any atom is 0.251 e. The summed E-state index contributed by atoms with van der Waals surface area (Å²) in [7, 11) is 0. The van der Waals surface area contributed by atoms with Gasteiger partial charge in [0.25, 0.3) is 5.91 Å². The number of carbonyl (C=O) groups excluding carboxylic acids is 1. The minimum atomic E-state index is -0.0910. The smallest absolute Gasteiger partial charge is 0.251 e. The Morgan fingerprint density at radius 1 is 1.26 bits per heavy atom. The van der Waals surface area contributed by atoms with Crippen LogP contribution >= 0.6 is 15.9 Å². The molecule has 4 nitrogen and oxygen atoms in total. The summed E-state index contributed by atoms with van der Waals surface area (Å²) in [5.74, 6) is 0.693. The second kappa shape index (κ2) is 9.81. The monoisotopic (exact) mass is 329 g/mol.